The number of anilines is 1. The normalized spacial score (nSPS) is 13.7. The summed E-state index contributed by atoms with van der Waals surface area (Å²) < 4.78 is 8.37. The highest BCUT2D eigenvalue weighted by atomic mass is 16.5. The van der Waals surface area contributed by atoms with Gasteiger partial charge in [-0.3, -0.25) is 9.69 Å². The average Bonchev–Trinajstić information content (AvgIpc) is 3.35. The third kappa shape index (κ3) is 9.14. The fraction of sp³-hybridized carbons (Fsp3) is 0.333. The summed E-state index contributed by atoms with van der Waals surface area (Å²) in [5.41, 5.74) is 4.30. The lowest BCUT2D eigenvalue weighted by Crippen LogP contribution is -2.40. The van der Waals surface area contributed by atoms with Crippen LogP contribution < -0.4 is 10.1 Å². The molecule has 1 saturated heterocycles. The third-order valence-corrected chi connectivity index (χ3v) is 7.40. The Bertz CT molecular complexity index is 1500. The number of hydrogen-bond acceptors (Lipinski definition) is 6. The molecule has 1 fully saturated rings. The number of ether oxygens (including phenoxy) is 1. The summed E-state index contributed by atoms with van der Waals surface area (Å²) in [5.74, 6) is -0.768. The lowest BCUT2D eigenvalue weighted by atomic mass is 9.96. The summed E-state index contributed by atoms with van der Waals surface area (Å²) in [6.07, 6.45) is 2.11. The number of hydrogen-bond donors (Lipinski definition) is 3. The first kappa shape index (κ1) is 31.2. The van der Waals surface area contributed by atoms with E-state index in [1.165, 1.54) is 5.56 Å². The molecule has 10 heteroatoms. The number of carboxylic acids is 2. The molecular weight excluding hydrogens is 548 g/mol. The van der Waals surface area contributed by atoms with Gasteiger partial charge in [-0.2, -0.15) is 0 Å². The molecule has 1 aromatic heterocycles. The molecule has 2 heterocycles. The number of carbonyl (C=O) groups excluding carboxylic acids is 1. The molecule has 0 spiro atoms. The van der Waals surface area contributed by atoms with Crippen LogP contribution in [0.3, 0.4) is 0 Å². The minimum Gasteiger partial charge on any atom is -0.486 e. The average molecular weight is 587 g/mol. The highest BCUT2D eigenvalue weighted by molar-refractivity contribution is 6.27. The van der Waals surface area contributed by atoms with Crippen molar-refractivity contribution in [2.24, 2.45) is 5.92 Å². The van der Waals surface area contributed by atoms with E-state index in [1.807, 2.05) is 48.5 Å². The molecule has 5 rings (SSSR count). The predicted molar refractivity (Wildman–Crippen MR) is 164 cm³/mol. The molecule has 43 heavy (non-hydrogen) atoms. The van der Waals surface area contributed by atoms with Crippen LogP contribution in [0.5, 0.6) is 5.75 Å². The van der Waals surface area contributed by atoms with E-state index in [0.29, 0.717) is 25.0 Å². The second-order valence-corrected chi connectivity index (χ2v) is 10.9. The third-order valence-electron chi connectivity index (χ3n) is 7.40. The molecule has 3 N–H and O–H groups in total. The number of piperidine rings is 1. The van der Waals surface area contributed by atoms with E-state index in [9.17, 15) is 4.79 Å². The zero-order valence-electron chi connectivity index (χ0n) is 24.5. The Morgan fingerprint density at radius 1 is 0.907 bits per heavy atom. The highest BCUT2D eigenvalue weighted by Crippen LogP contribution is 2.25. The number of benzene rings is 3. The zero-order valence-corrected chi connectivity index (χ0v) is 24.5. The van der Waals surface area contributed by atoms with Crippen molar-refractivity contribution in [1.82, 2.24) is 14.5 Å². The number of nitrogens with zero attached hydrogens (tertiary/aromatic N) is 3. The summed E-state index contributed by atoms with van der Waals surface area (Å²) >= 11 is 0. The summed E-state index contributed by atoms with van der Waals surface area (Å²) in [4.78, 5) is 38.0. The Morgan fingerprint density at radius 2 is 1.53 bits per heavy atom. The van der Waals surface area contributed by atoms with Crippen molar-refractivity contribution in [3.05, 3.63) is 90.3 Å². The number of para-hydroxylation sites is 3. The Kier molecular flexibility index (Phi) is 10.9. The van der Waals surface area contributed by atoms with Crippen LogP contribution in [-0.2, 0) is 27.5 Å². The van der Waals surface area contributed by atoms with Crippen LogP contribution in [0.4, 0.5) is 5.69 Å². The number of rotatable bonds is 9. The second kappa shape index (κ2) is 15.0. The smallest absolute Gasteiger partial charge is 0.414 e. The van der Waals surface area contributed by atoms with Crippen LogP contribution in [0.2, 0.25) is 0 Å². The molecule has 226 valence electrons. The van der Waals surface area contributed by atoms with Crippen molar-refractivity contribution in [1.29, 1.82) is 0 Å². The number of carboxylic acid groups (broad SMARTS) is 2. The van der Waals surface area contributed by atoms with Crippen LogP contribution in [-0.4, -0.2) is 62.1 Å². The number of imidazole rings is 1. The lowest BCUT2D eigenvalue weighted by molar-refractivity contribution is -0.159. The van der Waals surface area contributed by atoms with Gasteiger partial charge >= 0.3 is 11.9 Å². The lowest BCUT2D eigenvalue weighted by Gasteiger charge is -2.32. The second-order valence-electron chi connectivity index (χ2n) is 10.9. The molecule has 0 aliphatic carbocycles. The van der Waals surface area contributed by atoms with Gasteiger partial charge in [0.1, 0.15) is 18.2 Å². The van der Waals surface area contributed by atoms with Crippen molar-refractivity contribution >= 4 is 34.6 Å². The Balaban J connectivity index is 0.000000641. The van der Waals surface area contributed by atoms with Crippen LogP contribution in [0, 0.1) is 5.92 Å². The van der Waals surface area contributed by atoms with Gasteiger partial charge < -0.3 is 24.8 Å². The van der Waals surface area contributed by atoms with E-state index in [-0.39, 0.29) is 5.91 Å². The van der Waals surface area contributed by atoms with Crippen molar-refractivity contribution in [3.8, 4) is 5.75 Å². The molecular formula is C33H38N4O6. The van der Waals surface area contributed by atoms with Gasteiger partial charge in [0.2, 0.25) is 5.91 Å². The summed E-state index contributed by atoms with van der Waals surface area (Å²) in [5, 5.41) is 17.8. The quantitative estimate of drug-likeness (QED) is 0.227. The minimum absolute atomic E-state index is 0.0525. The summed E-state index contributed by atoms with van der Waals surface area (Å²) in [6.45, 7) is 7.98. The van der Waals surface area contributed by atoms with E-state index in [4.69, 9.17) is 29.5 Å². The van der Waals surface area contributed by atoms with Crippen molar-refractivity contribution in [3.63, 3.8) is 0 Å². The minimum atomic E-state index is -1.82. The Labute approximate surface area is 250 Å². The maximum Gasteiger partial charge on any atom is 0.414 e. The Morgan fingerprint density at radius 3 is 2.16 bits per heavy atom. The van der Waals surface area contributed by atoms with Gasteiger partial charge in [-0.15, -0.1) is 0 Å². The van der Waals surface area contributed by atoms with Crippen LogP contribution >= 0.6 is 0 Å². The van der Waals surface area contributed by atoms with Gasteiger partial charge in [0, 0.05) is 12.2 Å². The molecule has 0 saturated carbocycles. The van der Waals surface area contributed by atoms with Crippen molar-refractivity contribution < 1.29 is 29.3 Å². The van der Waals surface area contributed by atoms with E-state index >= 15 is 0 Å². The van der Waals surface area contributed by atoms with Gasteiger partial charge in [-0.25, -0.2) is 14.6 Å². The fourth-order valence-corrected chi connectivity index (χ4v) is 5.04. The molecule has 4 aromatic rings. The largest absolute Gasteiger partial charge is 0.486 e. The van der Waals surface area contributed by atoms with Crippen molar-refractivity contribution in [2.75, 3.05) is 25.0 Å². The molecule has 1 amide bonds. The van der Waals surface area contributed by atoms with E-state index < -0.39 is 11.9 Å². The number of carbonyl (C=O) groups is 3. The van der Waals surface area contributed by atoms with E-state index in [1.54, 1.807) is 0 Å². The molecule has 1 aliphatic rings. The summed E-state index contributed by atoms with van der Waals surface area (Å²) in [6, 6.07) is 26.4. The topological polar surface area (TPSA) is 134 Å². The first-order valence-electron chi connectivity index (χ1n) is 14.4. The SMILES string of the molecule is CC(C)c1ccc(NC(=O)CN2CCC(Cn3c(COc4ccccc4)nc4ccccc43)CC2)cc1.O=C(O)C(=O)O. The maximum absolute atomic E-state index is 12.6. The monoisotopic (exact) mass is 586 g/mol. The standard InChI is InChI=1S/C31H36N4O2.C2H2O4/c1-23(2)25-12-14-26(15-13-25)32-31(36)21-34-18-16-24(17-19-34)20-35-29-11-7-6-10-28(29)33-30(35)22-37-27-8-4-3-5-9-27;3-1(4)2(5)6/h3-15,23-24H,16-22H2,1-2H3,(H,32,36);(H,3,4)(H,5,6). The van der Waals surface area contributed by atoms with Gasteiger partial charge in [0.15, 0.2) is 0 Å². The Hall–Kier alpha value is -4.70. The molecule has 3 aromatic carbocycles. The molecule has 0 radical (unpaired) electrons. The number of fused-ring (bicyclic) bond motifs is 1. The highest BCUT2D eigenvalue weighted by Gasteiger charge is 2.23. The first-order chi connectivity index (χ1) is 20.7. The van der Waals surface area contributed by atoms with Gasteiger partial charge in [0.05, 0.1) is 17.6 Å². The predicted octanol–water partition coefficient (Wildman–Crippen LogP) is 5.25. The number of aromatic nitrogens is 2. The van der Waals surface area contributed by atoms with Gasteiger partial charge in [-0.1, -0.05) is 56.3 Å². The van der Waals surface area contributed by atoms with Crippen LogP contribution in [0.1, 0.15) is 44.0 Å². The van der Waals surface area contributed by atoms with Crippen molar-refractivity contribution in [2.45, 2.75) is 45.8 Å². The fourth-order valence-electron chi connectivity index (χ4n) is 5.04. The van der Waals surface area contributed by atoms with E-state index in [2.05, 4.69) is 59.0 Å². The van der Waals surface area contributed by atoms with Gasteiger partial charge in [-0.05, 0) is 79.7 Å². The zero-order chi connectivity index (χ0) is 30.8. The number of nitrogens with one attached hydrogen (secondary N) is 1. The molecule has 0 unspecified atom stereocenters. The number of amides is 1. The molecule has 0 bridgehead atoms. The molecule has 10 nitrogen and oxygen atoms in total. The van der Waals surface area contributed by atoms with Gasteiger partial charge in [0.25, 0.3) is 0 Å². The summed E-state index contributed by atoms with van der Waals surface area (Å²) in [7, 11) is 0. The van der Waals surface area contributed by atoms with E-state index in [0.717, 1.165) is 60.8 Å². The first-order valence-corrected chi connectivity index (χ1v) is 14.4. The van der Waals surface area contributed by atoms with Crippen LogP contribution in [0.25, 0.3) is 11.0 Å². The molecule has 1 aliphatic heterocycles. The molecule has 0 atom stereocenters. The number of aliphatic carboxylic acids is 2. The maximum atomic E-state index is 12.6. The van der Waals surface area contributed by atoms with Crippen LogP contribution in [0.15, 0.2) is 78.9 Å². The number of likely N-dealkylation sites (tertiary alicyclic amines) is 1.